The Labute approximate surface area is 112 Å². The van der Waals surface area contributed by atoms with E-state index >= 15 is 0 Å². The quantitative estimate of drug-likeness (QED) is 0.852. The van der Waals surface area contributed by atoms with Gasteiger partial charge in [0.25, 0.3) is 0 Å². The number of halogens is 2. The Kier molecular flexibility index (Phi) is 3.79. The van der Waals surface area contributed by atoms with Crippen LogP contribution in [0.1, 0.15) is 4.88 Å². The van der Waals surface area contributed by atoms with Crippen molar-refractivity contribution in [2.24, 2.45) is 0 Å². The van der Waals surface area contributed by atoms with Crippen LogP contribution < -0.4 is 0 Å². The molecule has 1 aromatic heterocycles. The molecular formula is C13H8ClFO2S. The molecule has 2 aromatic rings. The minimum Gasteiger partial charge on any atom is -0.478 e. The standard InChI is InChI=1S/C13H8ClFO2S/c14-9-5-8(6-10(15)7-9)12-3-1-11(18-12)2-4-13(16)17/h1-7H,(H,16,17)/b4-2+. The molecule has 0 saturated carbocycles. The van der Waals surface area contributed by atoms with Crippen molar-refractivity contribution in [3.63, 3.8) is 0 Å². The van der Waals surface area contributed by atoms with Crippen LogP contribution in [0, 0.1) is 5.82 Å². The van der Waals surface area contributed by atoms with Gasteiger partial charge in [-0.2, -0.15) is 0 Å². The van der Waals surface area contributed by atoms with Crippen LogP contribution in [0.15, 0.2) is 36.4 Å². The predicted molar refractivity (Wildman–Crippen MR) is 71.4 cm³/mol. The molecule has 0 aliphatic carbocycles. The van der Waals surface area contributed by atoms with Crippen LogP contribution in [0.3, 0.4) is 0 Å². The van der Waals surface area contributed by atoms with Crippen molar-refractivity contribution in [3.8, 4) is 10.4 Å². The molecule has 0 aliphatic heterocycles. The first kappa shape index (κ1) is 12.8. The summed E-state index contributed by atoms with van der Waals surface area (Å²) in [5.74, 6) is -1.40. The van der Waals surface area contributed by atoms with Crippen molar-refractivity contribution in [1.82, 2.24) is 0 Å². The Morgan fingerprint density at radius 1 is 1.33 bits per heavy atom. The van der Waals surface area contributed by atoms with E-state index in [-0.39, 0.29) is 0 Å². The summed E-state index contributed by atoms with van der Waals surface area (Å²) in [5.41, 5.74) is 0.681. The molecule has 0 unspecified atom stereocenters. The minimum atomic E-state index is -1.00. The maximum absolute atomic E-state index is 13.2. The molecule has 1 heterocycles. The lowest BCUT2D eigenvalue weighted by atomic mass is 10.2. The molecule has 92 valence electrons. The van der Waals surface area contributed by atoms with Gasteiger partial charge < -0.3 is 5.11 Å². The third kappa shape index (κ3) is 3.18. The fraction of sp³-hybridized carbons (Fsp3) is 0. The van der Waals surface area contributed by atoms with Crippen LogP contribution >= 0.6 is 22.9 Å². The molecule has 5 heteroatoms. The Morgan fingerprint density at radius 3 is 2.78 bits per heavy atom. The molecule has 2 nitrogen and oxygen atoms in total. The molecule has 0 saturated heterocycles. The predicted octanol–water partition coefficient (Wildman–Crippen LogP) is 4.31. The van der Waals surface area contributed by atoms with E-state index in [1.54, 1.807) is 18.2 Å². The number of aliphatic carboxylic acids is 1. The second-order valence-corrected chi connectivity index (χ2v) is 5.08. The summed E-state index contributed by atoms with van der Waals surface area (Å²) in [7, 11) is 0. The van der Waals surface area contributed by atoms with Gasteiger partial charge in [0.05, 0.1) is 0 Å². The molecular weight excluding hydrogens is 275 g/mol. The zero-order chi connectivity index (χ0) is 13.1. The second kappa shape index (κ2) is 5.33. The van der Waals surface area contributed by atoms with Crippen molar-refractivity contribution in [2.75, 3.05) is 0 Å². The average molecular weight is 283 g/mol. The van der Waals surface area contributed by atoms with Gasteiger partial charge in [0.2, 0.25) is 0 Å². The summed E-state index contributed by atoms with van der Waals surface area (Å²) >= 11 is 7.15. The normalized spacial score (nSPS) is 11.0. The molecule has 0 bridgehead atoms. The van der Waals surface area contributed by atoms with E-state index < -0.39 is 11.8 Å². The number of rotatable bonds is 3. The van der Waals surface area contributed by atoms with Crippen molar-refractivity contribution in [3.05, 3.63) is 52.1 Å². The van der Waals surface area contributed by atoms with Gasteiger partial charge >= 0.3 is 5.97 Å². The van der Waals surface area contributed by atoms with Gasteiger partial charge in [0, 0.05) is 20.9 Å². The average Bonchev–Trinajstić information content (AvgIpc) is 2.73. The number of hydrogen-bond donors (Lipinski definition) is 1. The van der Waals surface area contributed by atoms with Crippen LogP contribution in [0.25, 0.3) is 16.5 Å². The molecule has 2 rings (SSSR count). The van der Waals surface area contributed by atoms with Gasteiger partial charge in [-0.25, -0.2) is 9.18 Å². The first-order valence-corrected chi connectivity index (χ1v) is 6.21. The fourth-order valence-electron chi connectivity index (χ4n) is 1.45. The molecule has 0 spiro atoms. The number of hydrogen-bond acceptors (Lipinski definition) is 2. The maximum atomic E-state index is 13.2. The Morgan fingerprint density at radius 2 is 2.11 bits per heavy atom. The first-order chi connectivity index (χ1) is 8.54. The topological polar surface area (TPSA) is 37.3 Å². The smallest absolute Gasteiger partial charge is 0.328 e. The van der Waals surface area contributed by atoms with E-state index in [1.807, 2.05) is 0 Å². The third-order valence-corrected chi connectivity index (χ3v) is 3.48. The molecule has 0 fully saturated rings. The number of carbonyl (C=O) groups is 1. The summed E-state index contributed by atoms with van der Waals surface area (Å²) < 4.78 is 13.2. The van der Waals surface area contributed by atoms with Crippen LogP contribution in [0.5, 0.6) is 0 Å². The van der Waals surface area contributed by atoms with E-state index in [0.717, 1.165) is 15.8 Å². The highest BCUT2D eigenvalue weighted by atomic mass is 35.5. The van der Waals surface area contributed by atoms with E-state index in [2.05, 4.69) is 0 Å². The number of thiophene rings is 1. The molecule has 0 atom stereocenters. The number of carboxylic acids is 1. The first-order valence-electron chi connectivity index (χ1n) is 5.02. The van der Waals surface area contributed by atoms with Gasteiger partial charge in [0.1, 0.15) is 5.82 Å². The summed E-state index contributed by atoms with van der Waals surface area (Å²) in [5, 5.41) is 8.86. The van der Waals surface area contributed by atoms with Crippen LogP contribution in [0.4, 0.5) is 4.39 Å². The van der Waals surface area contributed by atoms with Crippen LogP contribution in [-0.4, -0.2) is 11.1 Å². The van der Waals surface area contributed by atoms with Gasteiger partial charge in [-0.05, 0) is 42.0 Å². The van der Waals surface area contributed by atoms with Crippen LogP contribution in [0.2, 0.25) is 5.02 Å². The van der Waals surface area contributed by atoms with Gasteiger partial charge in [-0.15, -0.1) is 11.3 Å². The monoisotopic (exact) mass is 282 g/mol. The number of benzene rings is 1. The van der Waals surface area contributed by atoms with Crippen LogP contribution in [-0.2, 0) is 4.79 Å². The lowest BCUT2D eigenvalue weighted by Crippen LogP contribution is -1.84. The lowest BCUT2D eigenvalue weighted by molar-refractivity contribution is -0.131. The zero-order valence-corrected chi connectivity index (χ0v) is 10.6. The zero-order valence-electron chi connectivity index (χ0n) is 9.06. The highest BCUT2D eigenvalue weighted by molar-refractivity contribution is 7.16. The van der Waals surface area contributed by atoms with E-state index in [1.165, 1.54) is 29.5 Å². The fourth-order valence-corrected chi connectivity index (χ4v) is 2.57. The van der Waals surface area contributed by atoms with Crippen molar-refractivity contribution in [2.45, 2.75) is 0 Å². The Balaban J connectivity index is 2.32. The lowest BCUT2D eigenvalue weighted by Gasteiger charge is -1.98. The second-order valence-electron chi connectivity index (χ2n) is 3.53. The highest BCUT2D eigenvalue weighted by Crippen LogP contribution is 2.31. The summed E-state index contributed by atoms with van der Waals surface area (Å²) in [4.78, 5) is 12.0. The van der Waals surface area contributed by atoms with Crippen molar-refractivity contribution >= 4 is 35.0 Å². The molecule has 1 aromatic carbocycles. The van der Waals surface area contributed by atoms with Crippen molar-refractivity contribution in [1.29, 1.82) is 0 Å². The highest BCUT2D eigenvalue weighted by Gasteiger charge is 2.05. The summed E-state index contributed by atoms with van der Waals surface area (Å²) in [6, 6.07) is 7.88. The molecule has 18 heavy (non-hydrogen) atoms. The Bertz CT molecular complexity index is 599. The third-order valence-electron chi connectivity index (χ3n) is 2.16. The Hall–Kier alpha value is -1.65. The summed E-state index contributed by atoms with van der Waals surface area (Å²) in [6.07, 6.45) is 2.56. The van der Waals surface area contributed by atoms with E-state index in [4.69, 9.17) is 16.7 Å². The molecule has 0 aliphatic rings. The molecule has 0 amide bonds. The van der Waals surface area contributed by atoms with Gasteiger partial charge in [-0.1, -0.05) is 11.6 Å². The minimum absolute atomic E-state index is 0.334. The van der Waals surface area contributed by atoms with E-state index in [0.29, 0.717) is 10.6 Å². The van der Waals surface area contributed by atoms with Gasteiger partial charge in [-0.3, -0.25) is 0 Å². The summed E-state index contributed by atoms with van der Waals surface area (Å²) in [6.45, 7) is 0. The largest absolute Gasteiger partial charge is 0.478 e. The SMILES string of the molecule is O=C(O)/C=C/c1ccc(-c2cc(F)cc(Cl)c2)s1. The molecule has 0 radical (unpaired) electrons. The molecule has 1 N–H and O–H groups in total. The van der Waals surface area contributed by atoms with Gasteiger partial charge in [0.15, 0.2) is 0 Å². The number of carboxylic acid groups (broad SMARTS) is 1. The maximum Gasteiger partial charge on any atom is 0.328 e. The van der Waals surface area contributed by atoms with E-state index in [9.17, 15) is 9.18 Å². The van der Waals surface area contributed by atoms with Crippen molar-refractivity contribution < 1.29 is 14.3 Å².